The molecular formula is C15H16FNO2. The van der Waals surface area contributed by atoms with Gasteiger partial charge in [-0.15, -0.1) is 0 Å². The molecule has 0 saturated heterocycles. The summed E-state index contributed by atoms with van der Waals surface area (Å²) in [5.74, 6) is 1.04. The van der Waals surface area contributed by atoms with E-state index in [0.717, 1.165) is 16.9 Å². The predicted octanol–water partition coefficient (Wildman–Crippen LogP) is 2.97. The van der Waals surface area contributed by atoms with Crippen molar-refractivity contribution < 1.29 is 13.9 Å². The number of nitrogens with two attached hydrogens (primary N) is 1. The van der Waals surface area contributed by atoms with Crippen molar-refractivity contribution in [3.05, 3.63) is 47.8 Å². The van der Waals surface area contributed by atoms with Gasteiger partial charge in [-0.25, -0.2) is 4.39 Å². The quantitative estimate of drug-likeness (QED) is 0.920. The van der Waals surface area contributed by atoms with Crippen molar-refractivity contribution in [2.24, 2.45) is 5.73 Å². The van der Waals surface area contributed by atoms with Crippen LogP contribution in [0.15, 0.2) is 36.4 Å². The fraction of sp³-hybridized carbons (Fsp3) is 0.200. The Hall–Kier alpha value is -2.07. The summed E-state index contributed by atoms with van der Waals surface area (Å²) in [7, 11) is 3.15. The molecule has 0 bridgehead atoms. The normalized spacial score (nSPS) is 10.3. The summed E-state index contributed by atoms with van der Waals surface area (Å²) in [4.78, 5) is 0. The maximum Gasteiger partial charge on any atom is 0.126 e. The number of halogens is 1. The Kier molecular flexibility index (Phi) is 4.02. The highest BCUT2D eigenvalue weighted by Gasteiger charge is 2.10. The van der Waals surface area contributed by atoms with Gasteiger partial charge >= 0.3 is 0 Å². The summed E-state index contributed by atoms with van der Waals surface area (Å²) < 4.78 is 23.9. The second-order valence-electron chi connectivity index (χ2n) is 4.08. The molecule has 19 heavy (non-hydrogen) atoms. The largest absolute Gasteiger partial charge is 0.496 e. The number of benzene rings is 2. The first-order chi connectivity index (χ1) is 9.19. The maximum atomic E-state index is 13.4. The molecule has 0 saturated carbocycles. The second-order valence-corrected chi connectivity index (χ2v) is 4.08. The van der Waals surface area contributed by atoms with Crippen molar-refractivity contribution in [2.45, 2.75) is 6.54 Å². The van der Waals surface area contributed by atoms with Gasteiger partial charge in [0.2, 0.25) is 0 Å². The van der Waals surface area contributed by atoms with Crippen molar-refractivity contribution >= 4 is 0 Å². The Morgan fingerprint density at radius 3 is 2.32 bits per heavy atom. The van der Waals surface area contributed by atoms with E-state index in [1.165, 1.54) is 12.1 Å². The molecule has 2 aromatic rings. The van der Waals surface area contributed by atoms with Crippen LogP contribution in [0, 0.1) is 5.82 Å². The van der Waals surface area contributed by atoms with Crippen LogP contribution in [-0.4, -0.2) is 14.2 Å². The topological polar surface area (TPSA) is 44.5 Å². The van der Waals surface area contributed by atoms with E-state index in [4.69, 9.17) is 15.2 Å². The van der Waals surface area contributed by atoms with Gasteiger partial charge in [0.05, 0.1) is 14.2 Å². The minimum absolute atomic E-state index is 0.305. The first kappa shape index (κ1) is 13.4. The van der Waals surface area contributed by atoms with Gasteiger partial charge < -0.3 is 15.2 Å². The molecule has 0 aliphatic rings. The Balaban J connectivity index is 2.55. The van der Waals surface area contributed by atoms with E-state index in [1.54, 1.807) is 20.3 Å². The summed E-state index contributed by atoms with van der Waals surface area (Å²) in [6.45, 7) is 0.356. The lowest BCUT2D eigenvalue weighted by Crippen LogP contribution is -2.00. The predicted molar refractivity (Wildman–Crippen MR) is 72.8 cm³/mol. The molecule has 2 rings (SSSR count). The van der Waals surface area contributed by atoms with E-state index in [0.29, 0.717) is 17.9 Å². The Bertz CT molecular complexity index is 584. The summed E-state index contributed by atoms with van der Waals surface area (Å²) in [6.07, 6.45) is 0. The zero-order chi connectivity index (χ0) is 13.8. The van der Waals surface area contributed by atoms with E-state index in [2.05, 4.69) is 0 Å². The average molecular weight is 261 g/mol. The molecule has 0 unspecified atom stereocenters. The molecule has 0 atom stereocenters. The van der Waals surface area contributed by atoms with E-state index in [9.17, 15) is 4.39 Å². The average Bonchev–Trinajstić information content (AvgIpc) is 2.46. The summed E-state index contributed by atoms with van der Waals surface area (Å²) in [5.41, 5.74) is 8.09. The van der Waals surface area contributed by atoms with E-state index in [1.807, 2.05) is 18.2 Å². The van der Waals surface area contributed by atoms with Crippen LogP contribution in [0.25, 0.3) is 11.1 Å². The summed E-state index contributed by atoms with van der Waals surface area (Å²) >= 11 is 0. The van der Waals surface area contributed by atoms with Gasteiger partial charge in [-0.1, -0.05) is 6.07 Å². The molecular weight excluding hydrogens is 245 g/mol. The van der Waals surface area contributed by atoms with Crippen molar-refractivity contribution in [1.29, 1.82) is 0 Å². The van der Waals surface area contributed by atoms with Crippen LogP contribution >= 0.6 is 0 Å². The smallest absolute Gasteiger partial charge is 0.126 e. The summed E-state index contributed by atoms with van der Waals surface area (Å²) in [5, 5.41) is 0. The lowest BCUT2D eigenvalue weighted by atomic mass is 10.0. The van der Waals surface area contributed by atoms with Gasteiger partial charge in [0.1, 0.15) is 17.3 Å². The highest BCUT2D eigenvalue weighted by Crippen LogP contribution is 2.33. The van der Waals surface area contributed by atoms with Crippen LogP contribution in [0.5, 0.6) is 11.5 Å². The van der Waals surface area contributed by atoms with Crippen molar-refractivity contribution in [1.82, 2.24) is 0 Å². The molecule has 0 aromatic heterocycles. The standard InChI is InChI=1S/C15H16FNO2/c1-18-14-5-3-10(7-11(14)9-17)13-8-12(16)4-6-15(13)19-2/h3-8H,9,17H2,1-2H3. The maximum absolute atomic E-state index is 13.4. The van der Waals surface area contributed by atoms with Crippen molar-refractivity contribution in [3.63, 3.8) is 0 Å². The zero-order valence-electron chi connectivity index (χ0n) is 10.9. The van der Waals surface area contributed by atoms with E-state index < -0.39 is 0 Å². The third-order valence-electron chi connectivity index (χ3n) is 2.97. The van der Waals surface area contributed by atoms with E-state index in [-0.39, 0.29) is 5.82 Å². The lowest BCUT2D eigenvalue weighted by molar-refractivity contribution is 0.409. The molecule has 2 N–H and O–H groups in total. The zero-order valence-corrected chi connectivity index (χ0v) is 10.9. The second kappa shape index (κ2) is 5.71. The summed E-state index contributed by atoms with van der Waals surface area (Å²) in [6, 6.07) is 9.99. The third-order valence-corrected chi connectivity index (χ3v) is 2.97. The third kappa shape index (κ3) is 2.69. The molecule has 3 nitrogen and oxygen atoms in total. The van der Waals surface area contributed by atoms with Gasteiger partial charge in [-0.05, 0) is 35.9 Å². The van der Waals surface area contributed by atoms with Gasteiger partial charge in [0, 0.05) is 17.7 Å². The molecule has 0 aliphatic carbocycles. The number of methoxy groups -OCH3 is 2. The fourth-order valence-electron chi connectivity index (χ4n) is 2.01. The number of hydrogen-bond donors (Lipinski definition) is 1. The van der Waals surface area contributed by atoms with Crippen LogP contribution < -0.4 is 15.2 Å². The molecule has 0 radical (unpaired) electrons. The molecule has 0 heterocycles. The monoisotopic (exact) mass is 261 g/mol. The Morgan fingerprint density at radius 1 is 1.00 bits per heavy atom. The Morgan fingerprint density at radius 2 is 1.68 bits per heavy atom. The van der Waals surface area contributed by atoms with Crippen LogP contribution in [0.2, 0.25) is 0 Å². The minimum Gasteiger partial charge on any atom is -0.496 e. The molecule has 0 fully saturated rings. The lowest BCUT2D eigenvalue weighted by Gasteiger charge is -2.12. The number of hydrogen-bond acceptors (Lipinski definition) is 3. The SMILES string of the molecule is COc1ccc(-c2cc(F)ccc2OC)cc1CN. The molecule has 100 valence electrons. The van der Waals surface area contributed by atoms with Crippen molar-refractivity contribution in [3.8, 4) is 22.6 Å². The molecule has 4 heteroatoms. The van der Waals surface area contributed by atoms with Crippen molar-refractivity contribution in [2.75, 3.05) is 14.2 Å². The number of rotatable bonds is 4. The molecule has 0 aliphatic heterocycles. The van der Waals surface area contributed by atoms with Gasteiger partial charge in [0.25, 0.3) is 0 Å². The molecule has 0 spiro atoms. The van der Waals surface area contributed by atoms with Gasteiger partial charge in [-0.2, -0.15) is 0 Å². The van der Waals surface area contributed by atoms with E-state index >= 15 is 0 Å². The highest BCUT2D eigenvalue weighted by molar-refractivity contribution is 5.72. The fourth-order valence-corrected chi connectivity index (χ4v) is 2.01. The number of ether oxygens (including phenoxy) is 2. The molecule has 2 aromatic carbocycles. The van der Waals surface area contributed by atoms with Gasteiger partial charge in [-0.3, -0.25) is 0 Å². The van der Waals surface area contributed by atoms with Crippen LogP contribution in [0.3, 0.4) is 0 Å². The Labute approximate surface area is 111 Å². The van der Waals surface area contributed by atoms with Crippen LogP contribution in [0.4, 0.5) is 4.39 Å². The first-order valence-electron chi connectivity index (χ1n) is 5.90. The van der Waals surface area contributed by atoms with Crippen LogP contribution in [-0.2, 0) is 6.54 Å². The van der Waals surface area contributed by atoms with Crippen LogP contribution in [0.1, 0.15) is 5.56 Å². The van der Waals surface area contributed by atoms with Gasteiger partial charge in [0.15, 0.2) is 0 Å². The molecule has 0 amide bonds. The minimum atomic E-state index is -0.305. The highest BCUT2D eigenvalue weighted by atomic mass is 19.1. The first-order valence-corrected chi connectivity index (χ1v) is 5.90.